The number of rotatable bonds is 10. The molecule has 3 aromatic rings. The summed E-state index contributed by atoms with van der Waals surface area (Å²) >= 11 is 0. The van der Waals surface area contributed by atoms with Crippen LogP contribution in [0.15, 0.2) is 78.9 Å². The topological polar surface area (TPSA) is 142 Å². The van der Waals surface area contributed by atoms with E-state index < -0.39 is 21.9 Å². The molecule has 4 aliphatic rings. The molecule has 3 fully saturated rings. The molecule has 3 aromatic carbocycles. The van der Waals surface area contributed by atoms with Crippen molar-refractivity contribution in [3.63, 3.8) is 0 Å². The van der Waals surface area contributed by atoms with Gasteiger partial charge in [-0.25, -0.2) is 0 Å². The lowest BCUT2D eigenvalue weighted by atomic mass is 9.53. The van der Waals surface area contributed by atoms with Crippen LogP contribution in [0.1, 0.15) is 67.2 Å². The van der Waals surface area contributed by atoms with E-state index in [-0.39, 0.29) is 29.4 Å². The molecule has 3 aliphatic carbocycles. The van der Waals surface area contributed by atoms with Crippen molar-refractivity contribution in [2.24, 2.45) is 22.4 Å². The normalized spacial score (nSPS) is 28.2. The molecule has 0 spiro atoms. The van der Waals surface area contributed by atoms with E-state index in [1.807, 2.05) is 77.7 Å². The molecule has 1 saturated heterocycles. The minimum absolute atomic E-state index is 0.0641. The number of nitrogens with one attached hydrogen (secondary N) is 1. The van der Waals surface area contributed by atoms with Gasteiger partial charge in [-0.3, -0.25) is 14.5 Å². The number of hydrogen-bond acceptors (Lipinski definition) is 7. The van der Waals surface area contributed by atoms with E-state index in [1.54, 1.807) is 6.07 Å². The summed E-state index contributed by atoms with van der Waals surface area (Å²) in [7, 11) is -4.08. The van der Waals surface area contributed by atoms with Gasteiger partial charge in [-0.15, -0.1) is 0 Å². The molecule has 10 nitrogen and oxygen atoms in total. The van der Waals surface area contributed by atoms with Gasteiger partial charge in [0.2, 0.25) is 11.8 Å². The Morgan fingerprint density at radius 1 is 0.941 bits per heavy atom. The highest BCUT2D eigenvalue weighted by Gasteiger charge is 2.61. The number of piperazine rings is 1. The number of carbonyl (C=O) groups excluding carboxylic acids is 2. The summed E-state index contributed by atoms with van der Waals surface area (Å²) in [5.41, 5.74) is 3.28. The highest BCUT2D eigenvalue weighted by atomic mass is 32.2. The second kappa shape index (κ2) is 14.3. The third-order valence-electron chi connectivity index (χ3n) is 12.5. The Labute approximate surface area is 301 Å². The minimum atomic E-state index is -4.08. The molecule has 7 rings (SSSR count). The number of β-amino-alcohol motifs (C(OH)–C–C–N with tert-alkyl or cyclic N) is 1. The van der Waals surface area contributed by atoms with E-state index in [4.69, 9.17) is 9.32 Å². The van der Waals surface area contributed by atoms with Crippen molar-refractivity contribution >= 4 is 22.1 Å². The molecule has 51 heavy (non-hydrogen) atoms. The second-order valence-corrected chi connectivity index (χ2v) is 16.6. The van der Waals surface area contributed by atoms with E-state index >= 15 is 0 Å². The number of aryl methyl sites for hydroxylation is 1. The molecular formula is C40H50N4O6S. The van der Waals surface area contributed by atoms with Crippen LogP contribution < -0.4 is 14.6 Å². The van der Waals surface area contributed by atoms with Crippen LogP contribution in [0.3, 0.4) is 0 Å². The monoisotopic (exact) mass is 714 g/mol. The first-order valence-electron chi connectivity index (χ1n) is 18.4. The van der Waals surface area contributed by atoms with Crippen molar-refractivity contribution in [2.75, 3.05) is 32.7 Å². The predicted octanol–water partition coefficient (Wildman–Crippen LogP) is 3.97. The van der Waals surface area contributed by atoms with Crippen LogP contribution in [0.2, 0.25) is 0 Å². The molecule has 2 amide bonds. The average molecular weight is 715 g/mol. The van der Waals surface area contributed by atoms with Gasteiger partial charge in [0.1, 0.15) is 11.8 Å². The third-order valence-corrected chi connectivity index (χ3v) is 12.9. The molecule has 0 unspecified atom stereocenters. The zero-order valence-corrected chi connectivity index (χ0v) is 30.2. The maximum Gasteiger partial charge on any atom is 0.380 e. The lowest BCUT2D eigenvalue weighted by Crippen LogP contribution is -2.60. The molecule has 1 aliphatic heterocycles. The number of hydrogen-bond donors (Lipinski definition) is 3. The number of nitrogens with two attached hydrogens (primary N) is 1. The number of benzene rings is 3. The van der Waals surface area contributed by atoms with Crippen LogP contribution >= 0.6 is 0 Å². The number of nitrogens with zero attached hydrogens (tertiary/aromatic N) is 2. The molecule has 2 saturated carbocycles. The van der Waals surface area contributed by atoms with Crippen molar-refractivity contribution < 1.29 is 27.3 Å². The van der Waals surface area contributed by atoms with Crippen molar-refractivity contribution in [3.8, 4) is 5.75 Å². The second-order valence-electron chi connectivity index (χ2n) is 15.5. The van der Waals surface area contributed by atoms with E-state index in [1.165, 1.54) is 5.56 Å². The maximum absolute atomic E-state index is 13.9. The molecule has 0 bridgehead atoms. The van der Waals surface area contributed by atoms with Gasteiger partial charge in [-0.2, -0.15) is 13.6 Å². The Morgan fingerprint density at radius 3 is 2.31 bits per heavy atom. The molecular weight excluding hydrogens is 665 g/mol. The fourth-order valence-electron chi connectivity index (χ4n) is 9.91. The summed E-state index contributed by atoms with van der Waals surface area (Å²) in [6, 6.07) is 24.3. The first kappa shape index (κ1) is 35.6. The Kier molecular flexibility index (Phi) is 10.0. The zero-order valence-electron chi connectivity index (χ0n) is 29.4. The van der Waals surface area contributed by atoms with E-state index in [0.717, 1.165) is 55.2 Å². The highest BCUT2D eigenvalue weighted by Crippen LogP contribution is 2.64. The summed E-state index contributed by atoms with van der Waals surface area (Å²) in [5.74, 6) is 1.26. The van der Waals surface area contributed by atoms with Gasteiger partial charge in [0.05, 0.1) is 12.0 Å². The number of amides is 2. The zero-order chi connectivity index (χ0) is 35.8. The summed E-state index contributed by atoms with van der Waals surface area (Å²) in [6.45, 7) is 5.33. The van der Waals surface area contributed by atoms with Gasteiger partial charge < -0.3 is 19.5 Å². The lowest BCUT2D eigenvalue weighted by Gasteiger charge is -2.54. The summed E-state index contributed by atoms with van der Waals surface area (Å²) in [4.78, 5) is 31.2. The van der Waals surface area contributed by atoms with Gasteiger partial charge in [0, 0.05) is 44.6 Å². The Hall–Kier alpha value is -3.77. The number of fused-ring (bicyclic) bond motifs is 5. The van der Waals surface area contributed by atoms with E-state index in [0.29, 0.717) is 56.9 Å². The fraction of sp³-hybridized carbons (Fsp3) is 0.500. The van der Waals surface area contributed by atoms with Gasteiger partial charge in [0.25, 0.3) is 0 Å². The summed E-state index contributed by atoms with van der Waals surface area (Å²) < 4.78 is 27.9. The molecule has 0 radical (unpaired) electrons. The molecule has 0 aromatic heterocycles. The SMILES string of the molecule is C[C@]12CC[C@@H]3c4ccc(OS(N)(=O)=O)cc4CC[C@H]3[C@@H]1CC[C@@]2(O)CN1CCN(C(=O)[C@H](Cc2ccccc2)NC(=O)Cc2ccccc2)CC1. The Bertz CT molecular complexity index is 1830. The maximum atomic E-state index is 13.9. The first-order valence-corrected chi connectivity index (χ1v) is 19.8. The third kappa shape index (κ3) is 7.58. The average Bonchev–Trinajstić information content (AvgIpc) is 3.37. The van der Waals surface area contributed by atoms with Crippen LogP contribution in [0.25, 0.3) is 0 Å². The van der Waals surface area contributed by atoms with Gasteiger partial charge in [-0.05, 0) is 90.7 Å². The molecule has 6 atom stereocenters. The van der Waals surface area contributed by atoms with Crippen LogP contribution in [0, 0.1) is 17.3 Å². The Morgan fingerprint density at radius 2 is 1.63 bits per heavy atom. The Balaban J connectivity index is 0.977. The van der Waals surface area contributed by atoms with Crippen molar-refractivity contribution in [3.05, 3.63) is 101 Å². The van der Waals surface area contributed by atoms with Crippen LogP contribution in [-0.2, 0) is 39.2 Å². The van der Waals surface area contributed by atoms with Gasteiger partial charge in [-0.1, -0.05) is 73.7 Å². The van der Waals surface area contributed by atoms with Gasteiger partial charge >= 0.3 is 10.3 Å². The summed E-state index contributed by atoms with van der Waals surface area (Å²) in [6.07, 6.45) is 6.14. The largest absolute Gasteiger partial charge is 0.388 e. The quantitative estimate of drug-likeness (QED) is 0.289. The lowest BCUT2D eigenvalue weighted by molar-refractivity contribution is -0.140. The molecule has 272 valence electrons. The highest BCUT2D eigenvalue weighted by molar-refractivity contribution is 7.84. The van der Waals surface area contributed by atoms with Crippen molar-refractivity contribution in [1.29, 1.82) is 0 Å². The smallest absolute Gasteiger partial charge is 0.380 e. The van der Waals surface area contributed by atoms with E-state index in [9.17, 15) is 23.1 Å². The van der Waals surface area contributed by atoms with Crippen LogP contribution in [-0.4, -0.2) is 79.5 Å². The van der Waals surface area contributed by atoms with Gasteiger partial charge in [0.15, 0.2) is 0 Å². The van der Waals surface area contributed by atoms with E-state index in [2.05, 4.69) is 17.1 Å². The van der Waals surface area contributed by atoms with Crippen LogP contribution in [0.4, 0.5) is 0 Å². The molecule has 4 N–H and O–H groups in total. The predicted molar refractivity (Wildman–Crippen MR) is 195 cm³/mol. The van der Waals surface area contributed by atoms with Crippen molar-refractivity contribution in [1.82, 2.24) is 15.1 Å². The first-order chi connectivity index (χ1) is 24.4. The summed E-state index contributed by atoms with van der Waals surface area (Å²) in [5, 5.41) is 20.6. The van der Waals surface area contributed by atoms with Crippen LogP contribution in [0.5, 0.6) is 5.75 Å². The molecule has 11 heteroatoms. The minimum Gasteiger partial charge on any atom is -0.388 e. The standard InChI is InChI=1S/C40H50N4O6S/c1-39-18-16-33-32-15-13-31(50-51(41,48)49)26-30(32)12-14-34(33)35(39)17-19-40(39,47)27-43-20-22-44(23-21-43)38(46)36(24-28-8-4-2-5-9-28)42-37(45)25-29-10-6-3-7-11-29/h2-11,13,15,26,33-36,47H,12,14,16-25,27H2,1H3,(H,42,45)(H2,41,48,49)/t33-,34-,35+,36+,39+,40-/m1/s1. The fourth-order valence-corrected chi connectivity index (χ4v) is 10.3. The number of carbonyl (C=O) groups is 2. The molecule has 1 heterocycles. The number of aliphatic hydroxyl groups is 1. The van der Waals surface area contributed by atoms with Crippen molar-refractivity contribution in [2.45, 2.75) is 75.9 Å².